The second kappa shape index (κ2) is 3.82. The molecular formula is C9H17O3P. The lowest BCUT2D eigenvalue weighted by molar-refractivity contribution is -0.0476. The van der Waals surface area contributed by atoms with Gasteiger partial charge in [0.05, 0.1) is 18.3 Å². The number of hydrogen-bond donors (Lipinski definition) is 0. The molecule has 0 saturated carbocycles. The maximum absolute atomic E-state index is 5.84. The summed E-state index contributed by atoms with van der Waals surface area (Å²) in [6.07, 6.45) is 2.97. The zero-order valence-electron chi connectivity index (χ0n) is 8.10. The predicted molar refractivity (Wildman–Crippen MR) is 53.0 cm³/mol. The van der Waals surface area contributed by atoms with Crippen LogP contribution in [0.4, 0.5) is 0 Å². The Morgan fingerprint density at radius 1 is 1.46 bits per heavy atom. The van der Waals surface area contributed by atoms with Crippen LogP contribution < -0.4 is 0 Å². The zero-order valence-corrected chi connectivity index (χ0v) is 9.26. The van der Waals surface area contributed by atoms with Crippen LogP contribution in [-0.4, -0.2) is 43.8 Å². The van der Waals surface area contributed by atoms with E-state index in [2.05, 4.69) is 16.2 Å². The van der Waals surface area contributed by atoms with Crippen molar-refractivity contribution in [1.82, 2.24) is 0 Å². The molecule has 0 N–H and O–H groups in total. The molecule has 2 rings (SSSR count). The third-order valence-electron chi connectivity index (χ3n) is 2.86. The smallest absolute Gasteiger partial charge is 0.113 e. The first-order chi connectivity index (χ1) is 6.26. The zero-order chi connectivity index (χ0) is 9.42. The Morgan fingerprint density at radius 2 is 2.23 bits per heavy atom. The third kappa shape index (κ3) is 1.63. The summed E-state index contributed by atoms with van der Waals surface area (Å²) >= 11 is 0. The molecule has 2 fully saturated rings. The van der Waals surface area contributed by atoms with Gasteiger partial charge in [0.15, 0.2) is 0 Å². The summed E-state index contributed by atoms with van der Waals surface area (Å²) in [6.45, 7) is 2.09. The molecule has 4 heteroatoms. The summed E-state index contributed by atoms with van der Waals surface area (Å²) in [6, 6.07) is 0. The molecule has 0 aromatic carbocycles. The Balaban J connectivity index is 2.05. The number of hydrogen-bond acceptors (Lipinski definition) is 3. The first kappa shape index (κ1) is 9.85. The minimum atomic E-state index is 0.118. The van der Waals surface area contributed by atoms with Crippen molar-refractivity contribution in [2.75, 3.05) is 13.3 Å². The van der Waals surface area contributed by atoms with Crippen molar-refractivity contribution in [2.24, 2.45) is 0 Å². The average Bonchev–Trinajstić information content (AvgIpc) is 2.59. The van der Waals surface area contributed by atoms with Gasteiger partial charge in [0, 0.05) is 13.5 Å². The fourth-order valence-corrected chi connectivity index (χ4v) is 2.66. The molecule has 3 nitrogen and oxygen atoms in total. The molecule has 2 saturated heterocycles. The first-order valence-corrected chi connectivity index (χ1v) is 5.61. The maximum Gasteiger partial charge on any atom is 0.113 e. The molecule has 2 heterocycles. The highest BCUT2D eigenvalue weighted by atomic mass is 31.0. The standard InChI is InChI=1S/C9H17O3P/c1-5-3-6-9(11-5)8(10-2)7(4-13)12-6/h5-9H,3-4,13H2,1-2H3/t5-,6?,7-,8-,9?/m1/s1. The van der Waals surface area contributed by atoms with E-state index in [1.807, 2.05) is 0 Å². The SMILES string of the molecule is CO[C@H]1C2O[C@H](C)CC2O[C@@H]1CP. The molecule has 2 aliphatic heterocycles. The van der Waals surface area contributed by atoms with Gasteiger partial charge in [-0.2, -0.15) is 0 Å². The van der Waals surface area contributed by atoms with Crippen LogP contribution in [0, 0.1) is 0 Å². The highest BCUT2D eigenvalue weighted by Gasteiger charge is 2.49. The molecule has 0 spiro atoms. The highest BCUT2D eigenvalue weighted by molar-refractivity contribution is 7.16. The molecule has 0 aromatic heterocycles. The minimum Gasteiger partial charge on any atom is -0.376 e. The summed E-state index contributed by atoms with van der Waals surface area (Å²) in [5.74, 6) is 0. The third-order valence-corrected chi connectivity index (χ3v) is 3.33. The number of fused-ring (bicyclic) bond motifs is 1. The molecule has 0 radical (unpaired) electrons. The molecule has 3 unspecified atom stereocenters. The largest absolute Gasteiger partial charge is 0.376 e. The molecular weight excluding hydrogens is 187 g/mol. The lowest BCUT2D eigenvalue weighted by Crippen LogP contribution is -2.34. The molecule has 0 bridgehead atoms. The fraction of sp³-hybridized carbons (Fsp3) is 1.00. The van der Waals surface area contributed by atoms with Crippen molar-refractivity contribution in [3.8, 4) is 0 Å². The molecule has 6 atom stereocenters. The predicted octanol–water partition coefficient (Wildman–Crippen LogP) is 0.821. The van der Waals surface area contributed by atoms with Crippen molar-refractivity contribution >= 4 is 9.24 Å². The van der Waals surface area contributed by atoms with E-state index in [1.54, 1.807) is 7.11 Å². The van der Waals surface area contributed by atoms with Crippen LogP contribution in [0.5, 0.6) is 0 Å². The van der Waals surface area contributed by atoms with Crippen molar-refractivity contribution in [2.45, 2.75) is 43.9 Å². The number of ether oxygens (including phenoxy) is 3. The second-order valence-corrected chi connectivity index (χ2v) is 4.27. The van der Waals surface area contributed by atoms with Crippen LogP contribution in [0.3, 0.4) is 0 Å². The Morgan fingerprint density at radius 3 is 2.85 bits per heavy atom. The lowest BCUT2D eigenvalue weighted by atomic mass is 10.1. The van der Waals surface area contributed by atoms with Gasteiger partial charge in [0.1, 0.15) is 12.2 Å². The Bertz CT molecular complexity index is 188. The minimum absolute atomic E-state index is 0.118. The number of rotatable bonds is 2. The van der Waals surface area contributed by atoms with Crippen LogP contribution in [-0.2, 0) is 14.2 Å². The van der Waals surface area contributed by atoms with E-state index in [0.29, 0.717) is 6.10 Å². The van der Waals surface area contributed by atoms with Crippen LogP contribution >= 0.6 is 9.24 Å². The van der Waals surface area contributed by atoms with Crippen molar-refractivity contribution in [1.29, 1.82) is 0 Å². The van der Waals surface area contributed by atoms with Crippen LogP contribution in [0.1, 0.15) is 13.3 Å². The molecule has 0 aromatic rings. The Labute approximate surface area is 81.3 Å². The van der Waals surface area contributed by atoms with Crippen LogP contribution in [0.25, 0.3) is 0 Å². The summed E-state index contributed by atoms with van der Waals surface area (Å²) in [4.78, 5) is 0. The van der Waals surface area contributed by atoms with E-state index >= 15 is 0 Å². The van der Waals surface area contributed by atoms with E-state index in [0.717, 1.165) is 12.6 Å². The molecule has 2 aliphatic rings. The Kier molecular flexibility index (Phi) is 2.89. The summed E-state index contributed by atoms with van der Waals surface area (Å²) in [5.41, 5.74) is 0. The van der Waals surface area contributed by atoms with E-state index in [1.165, 1.54) is 0 Å². The van der Waals surface area contributed by atoms with Gasteiger partial charge in [0.2, 0.25) is 0 Å². The fourth-order valence-electron chi connectivity index (χ4n) is 2.28. The molecule has 0 aliphatic carbocycles. The van der Waals surface area contributed by atoms with Crippen molar-refractivity contribution < 1.29 is 14.2 Å². The quantitative estimate of drug-likeness (QED) is 0.623. The summed E-state index contributed by atoms with van der Waals surface area (Å²) in [5, 5.41) is 0. The monoisotopic (exact) mass is 204 g/mol. The van der Waals surface area contributed by atoms with Crippen molar-refractivity contribution in [3.05, 3.63) is 0 Å². The van der Waals surface area contributed by atoms with Gasteiger partial charge in [-0.1, -0.05) is 0 Å². The summed E-state index contributed by atoms with van der Waals surface area (Å²) < 4.78 is 17.0. The van der Waals surface area contributed by atoms with E-state index in [9.17, 15) is 0 Å². The summed E-state index contributed by atoms with van der Waals surface area (Å²) in [7, 11) is 4.43. The highest BCUT2D eigenvalue weighted by Crippen LogP contribution is 2.35. The topological polar surface area (TPSA) is 27.7 Å². The normalized spacial score (nSPS) is 49.6. The second-order valence-electron chi connectivity index (χ2n) is 3.80. The maximum atomic E-state index is 5.84. The molecule has 76 valence electrons. The van der Waals surface area contributed by atoms with Crippen molar-refractivity contribution in [3.63, 3.8) is 0 Å². The van der Waals surface area contributed by atoms with Gasteiger partial charge in [-0.3, -0.25) is 0 Å². The Hall–Kier alpha value is 0.310. The molecule has 0 amide bonds. The van der Waals surface area contributed by atoms with Crippen LogP contribution in [0.15, 0.2) is 0 Å². The van der Waals surface area contributed by atoms with E-state index in [4.69, 9.17) is 14.2 Å². The van der Waals surface area contributed by atoms with Gasteiger partial charge in [-0.05, 0) is 13.1 Å². The van der Waals surface area contributed by atoms with Gasteiger partial charge in [-0.15, -0.1) is 9.24 Å². The van der Waals surface area contributed by atoms with E-state index in [-0.39, 0.29) is 24.4 Å². The van der Waals surface area contributed by atoms with Gasteiger partial charge in [0.25, 0.3) is 0 Å². The van der Waals surface area contributed by atoms with E-state index < -0.39 is 0 Å². The average molecular weight is 204 g/mol. The molecule has 13 heavy (non-hydrogen) atoms. The first-order valence-electron chi connectivity index (χ1n) is 4.80. The van der Waals surface area contributed by atoms with Gasteiger partial charge < -0.3 is 14.2 Å². The van der Waals surface area contributed by atoms with Crippen LogP contribution in [0.2, 0.25) is 0 Å². The number of methoxy groups -OCH3 is 1. The lowest BCUT2D eigenvalue weighted by Gasteiger charge is -2.20. The van der Waals surface area contributed by atoms with Gasteiger partial charge >= 0.3 is 0 Å². The van der Waals surface area contributed by atoms with Gasteiger partial charge in [-0.25, -0.2) is 0 Å².